The van der Waals surface area contributed by atoms with Crippen LogP contribution in [0.15, 0.2) is 30.3 Å². The Bertz CT molecular complexity index is 718. The van der Waals surface area contributed by atoms with E-state index in [2.05, 4.69) is 46.3 Å². The minimum absolute atomic E-state index is 0. The van der Waals surface area contributed by atoms with E-state index in [1.54, 1.807) is 0 Å². The number of carbonyl (C=O) groups is 1. The quantitative estimate of drug-likeness (QED) is 0.764. The number of benzene rings is 1. The lowest BCUT2D eigenvalue weighted by molar-refractivity contribution is -0.125. The minimum atomic E-state index is -0.341. The van der Waals surface area contributed by atoms with Gasteiger partial charge in [-0.25, -0.2) is 0 Å². The molecule has 2 saturated heterocycles. The van der Waals surface area contributed by atoms with Gasteiger partial charge < -0.3 is 15.1 Å². The van der Waals surface area contributed by atoms with Crippen molar-refractivity contribution in [3.63, 3.8) is 0 Å². The molecule has 0 radical (unpaired) electrons. The lowest BCUT2D eigenvalue weighted by atomic mass is 9.59. The number of fused-ring (bicyclic) bond motifs is 1. The number of nitrogens with zero attached hydrogens (tertiary/aromatic N) is 2. The minimum Gasteiger partial charge on any atom is -0.339 e. The standard InChI is InChI=1S/C24H35N3O.ClH/c1-23-11-6-5-7-19(23)17-21(10-12-23)26-15-13-24(14-16-26)22(28)25-18-27(24)20-8-3-2-4-9-20;/h2-4,8-9,19,21H,5-7,10-18H2,1H3,(H,25,28);1H/t19-,21-,23-;/m0./s1. The molecule has 3 atom stereocenters. The number of hydrogen-bond acceptors (Lipinski definition) is 3. The van der Waals surface area contributed by atoms with Crippen LogP contribution in [0.5, 0.6) is 0 Å². The average Bonchev–Trinajstić information content (AvgIpc) is 3.04. The summed E-state index contributed by atoms with van der Waals surface area (Å²) in [6.07, 6.45) is 11.8. The molecule has 1 aromatic carbocycles. The summed E-state index contributed by atoms with van der Waals surface area (Å²) in [4.78, 5) is 17.9. The van der Waals surface area contributed by atoms with Gasteiger partial charge in [0.15, 0.2) is 0 Å². The molecular weight excluding hydrogens is 382 g/mol. The predicted molar refractivity (Wildman–Crippen MR) is 120 cm³/mol. The molecule has 1 amide bonds. The summed E-state index contributed by atoms with van der Waals surface area (Å²) in [6.45, 7) is 5.32. The van der Waals surface area contributed by atoms with Crippen LogP contribution in [-0.2, 0) is 4.79 Å². The second-order valence-electron chi connectivity index (χ2n) is 10.0. The predicted octanol–water partition coefficient (Wildman–Crippen LogP) is 4.59. The van der Waals surface area contributed by atoms with E-state index in [0.717, 1.165) is 37.9 Å². The molecule has 4 fully saturated rings. The maximum absolute atomic E-state index is 12.9. The van der Waals surface area contributed by atoms with Crippen molar-refractivity contribution in [1.29, 1.82) is 0 Å². The first-order valence-electron chi connectivity index (χ1n) is 11.5. The highest BCUT2D eigenvalue weighted by Gasteiger charge is 2.51. The Morgan fingerprint density at radius 2 is 1.76 bits per heavy atom. The monoisotopic (exact) mass is 417 g/mol. The van der Waals surface area contributed by atoms with Crippen LogP contribution in [0.1, 0.15) is 64.7 Å². The number of amides is 1. The van der Waals surface area contributed by atoms with Crippen molar-refractivity contribution in [2.75, 3.05) is 24.7 Å². The Hall–Kier alpha value is -1.26. The zero-order chi connectivity index (χ0) is 19.2. The van der Waals surface area contributed by atoms with Gasteiger partial charge in [-0.3, -0.25) is 4.79 Å². The normalized spacial score (nSPS) is 34.4. The number of hydrogen-bond donors (Lipinski definition) is 1. The number of piperidine rings is 1. The van der Waals surface area contributed by atoms with Crippen LogP contribution < -0.4 is 10.2 Å². The van der Waals surface area contributed by atoms with E-state index in [0.29, 0.717) is 12.1 Å². The van der Waals surface area contributed by atoms with Crippen LogP contribution in [0.2, 0.25) is 0 Å². The lowest BCUT2D eigenvalue weighted by Gasteiger charge is -2.52. The zero-order valence-electron chi connectivity index (χ0n) is 17.7. The first-order chi connectivity index (χ1) is 13.6. The number of para-hydroxylation sites is 1. The number of halogens is 1. The number of nitrogens with one attached hydrogen (secondary N) is 1. The molecule has 0 aromatic heterocycles. The van der Waals surface area contributed by atoms with E-state index < -0.39 is 0 Å². The Kier molecular flexibility index (Phi) is 5.87. The van der Waals surface area contributed by atoms with Crippen molar-refractivity contribution < 1.29 is 4.79 Å². The maximum atomic E-state index is 12.9. The van der Waals surface area contributed by atoms with Crippen LogP contribution in [0.25, 0.3) is 0 Å². The molecule has 160 valence electrons. The smallest absolute Gasteiger partial charge is 0.247 e. The third-order valence-electron chi connectivity index (χ3n) is 8.69. The zero-order valence-corrected chi connectivity index (χ0v) is 18.6. The number of likely N-dealkylation sites (tertiary alicyclic amines) is 1. The van der Waals surface area contributed by atoms with Gasteiger partial charge in [0.25, 0.3) is 0 Å². The molecule has 4 aliphatic rings. The van der Waals surface area contributed by atoms with Crippen molar-refractivity contribution in [2.45, 2.75) is 76.3 Å². The van der Waals surface area contributed by atoms with Crippen molar-refractivity contribution in [3.05, 3.63) is 30.3 Å². The van der Waals surface area contributed by atoms with Crippen LogP contribution in [0.3, 0.4) is 0 Å². The van der Waals surface area contributed by atoms with Crippen LogP contribution in [0.4, 0.5) is 5.69 Å². The molecule has 2 heterocycles. The SMILES string of the molecule is C[C@@]12CCCC[C@H]1C[C@@H](N1CCC3(CC1)C(=O)NCN3c1ccccc1)CC2.Cl. The van der Waals surface area contributed by atoms with Crippen LogP contribution in [-0.4, -0.2) is 42.1 Å². The fraction of sp³-hybridized carbons (Fsp3) is 0.708. The van der Waals surface area contributed by atoms with E-state index in [1.807, 2.05) is 6.07 Å². The summed E-state index contributed by atoms with van der Waals surface area (Å²) in [7, 11) is 0. The Morgan fingerprint density at radius 1 is 1.00 bits per heavy atom. The summed E-state index contributed by atoms with van der Waals surface area (Å²) in [5.41, 5.74) is 1.44. The summed E-state index contributed by atoms with van der Waals surface area (Å²) in [5, 5.41) is 3.13. The highest BCUT2D eigenvalue weighted by Crippen LogP contribution is 2.51. The number of carbonyl (C=O) groups excluding carboxylic acids is 1. The van der Waals surface area contributed by atoms with Crippen molar-refractivity contribution in [3.8, 4) is 0 Å². The Morgan fingerprint density at radius 3 is 2.52 bits per heavy atom. The third-order valence-corrected chi connectivity index (χ3v) is 8.69. The third kappa shape index (κ3) is 3.57. The molecule has 2 aliphatic heterocycles. The molecule has 1 spiro atoms. The van der Waals surface area contributed by atoms with Gasteiger partial charge in [-0.1, -0.05) is 38.0 Å². The summed E-state index contributed by atoms with van der Waals surface area (Å²) in [5.74, 6) is 1.16. The topological polar surface area (TPSA) is 35.6 Å². The van der Waals surface area contributed by atoms with E-state index in [-0.39, 0.29) is 23.9 Å². The number of rotatable bonds is 2. The van der Waals surface area contributed by atoms with E-state index in [4.69, 9.17) is 0 Å². The second-order valence-corrected chi connectivity index (χ2v) is 10.0. The molecule has 2 aliphatic carbocycles. The van der Waals surface area contributed by atoms with E-state index >= 15 is 0 Å². The Balaban J connectivity index is 0.00000205. The molecule has 2 saturated carbocycles. The van der Waals surface area contributed by atoms with Gasteiger partial charge in [0.2, 0.25) is 5.91 Å². The summed E-state index contributed by atoms with van der Waals surface area (Å²) in [6, 6.07) is 11.2. The molecule has 1 aromatic rings. The first-order valence-corrected chi connectivity index (χ1v) is 11.5. The van der Waals surface area contributed by atoms with E-state index in [1.165, 1.54) is 50.6 Å². The van der Waals surface area contributed by atoms with Crippen molar-refractivity contribution in [1.82, 2.24) is 10.2 Å². The van der Waals surface area contributed by atoms with Gasteiger partial charge in [-0.05, 0) is 68.4 Å². The first kappa shape index (κ1) is 21.0. The van der Waals surface area contributed by atoms with Crippen molar-refractivity contribution in [2.24, 2.45) is 11.3 Å². The molecule has 4 nitrogen and oxygen atoms in total. The van der Waals surface area contributed by atoms with Gasteiger partial charge in [0.1, 0.15) is 5.54 Å². The van der Waals surface area contributed by atoms with Gasteiger partial charge in [0.05, 0.1) is 6.67 Å². The van der Waals surface area contributed by atoms with Gasteiger partial charge in [0, 0.05) is 24.8 Å². The number of anilines is 1. The van der Waals surface area contributed by atoms with Gasteiger partial charge in [-0.15, -0.1) is 12.4 Å². The lowest BCUT2D eigenvalue weighted by Crippen LogP contribution is -2.58. The highest BCUT2D eigenvalue weighted by atomic mass is 35.5. The maximum Gasteiger partial charge on any atom is 0.247 e. The summed E-state index contributed by atoms with van der Waals surface area (Å²) >= 11 is 0. The van der Waals surface area contributed by atoms with Crippen LogP contribution in [0, 0.1) is 11.3 Å². The molecule has 1 N–H and O–H groups in total. The molecule has 0 unspecified atom stereocenters. The fourth-order valence-corrected chi connectivity index (χ4v) is 6.77. The second kappa shape index (κ2) is 8.11. The van der Waals surface area contributed by atoms with Gasteiger partial charge in [-0.2, -0.15) is 0 Å². The molecule has 5 rings (SSSR count). The molecule has 29 heavy (non-hydrogen) atoms. The Labute approximate surface area is 181 Å². The largest absolute Gasteiger partial charge is 0.339 e. The molecular formula is C24H36ClN3O. The van der Waals surface area contributed by atoms with E-state index in [9.17, 15) is 4.79 Å². The van der Waals surface area contributed by atoms with Crippen LogP contribution >= 0.6 is 12.4 Å². The highest BCUT2D eigenvalue weighted by molar-refractivity contribution is 5.93. The molecule has 0 bridgehead atoms. The molecule has 5 heteroatoms. The van der Waals surface area contributed by atoms with Gasteiger partial charge >= 0.3 is 0 Å². The average molecular weight is 418 g/mol. The fourth-order valence-electron chi connectivity index (χ4n) is 6.77. The summed E-state index contributed by atoms with van der Waals surface area (Å²) < 4.78 is 0. The van der Waals surface area contributed by atoms with Crippen molar-refractivity contribution >= 4 is 24.0 Å².